The highest BCUT2D eigenvalue weighted by Crippen LogP contribution is 2.58. The molecule has 0 aromatic heterocycles. The molecule has 6 aliphatic rings. The Kier molecular flexibility index (Phi) is 12.2. The number of hydrogen-bond acceptors (Lipinski definition) is 10. The topological polar surface area (TPSA) is 133 Å². The number of amides is 2. The van der Waals surface area contributed by atoms with Crippen LogP contribution in [0.15, 0.2) is 60.7 Å². The van der Waals surface area contributed by atoms with Crippen molar-refractivity contribution in [3.63, 3.8) is 0 Å². The molecule has 6 heterocycles. The van der Waals surface area contributed by atoms with E-state index in [2.05, 4.69) is 0 Å². The van der Waals surface area contributed by atoms with Gasteiger partial charge in [-0.25, -0.2) is 0 Å². The van der Waals surface area contributed by atoms with Gasteiger partial charge in [-0.1, -0.05) is 117 Å². The first-order valence-corrected chi connectivity index (χ1v) is 19.1. The molecule has 0 saturated carbocycles. The van der Waals surface area contributed by atoms with Gasteiger partial charge in [-0.3, -0.25) is 14.5 Å². The van der Waals surface area contributed by atoms with Crippen LogP contribution in [0.25, 0.3) is 0 Å². The normalized spacial score (nSPS) is 36.9. The summed E-state index contributed by atoms with van der Waals surface area (Å²) >= 11 is 0. The molecule has 6 fully saturated rings. The van der Waals surface area contributed by atoms with Crippen LogP contribution >= 0.6 is 0 Å². The van der Waals surface area contributed by atoms with E-state index >= 15 is 0 Å². The van der Waals surface area contributed by atoms with E-state index in [0.717, 1.165) is 17.4 Å². The van der Waals surface area contributed by atoms with Gasteiger partial charge in [-0.05, 0) is 25.0 Å². The third-order valence-corrected chi connectivity index (χ3v) is 12.6. The zero-order valence-electron chi connectivity index (χ0n) is 32.8. The Balaban J connectivity index is 0.000000207. The third kappa shape index (κ3) is 6.72. The van der Waals surface area contributed by atoms with E-state index in [4.69, 9.17) is 28.4 Å². The average Bonchev–Trinajstić information content (AvgIpc) is 3.95. The summed E-state index contributed by atoms with van der Waals surface area (Å²) in [5, 5.41) is 10.3. The van der Waals surface area contributed by atoms with Crippen LogP contribution in [0.2, 0.25) is 0 Å². The summed E-state index contributed by atoms with van der Waals surface area (Å²) < 4.78 is 36.4. The highest BCUT2D eigenvalue weighted by atomic mass is 16.7. The number of carbonyl (C=O) groups is 3. The highest BCUT2D eigenvalue weighted by molar-refractivity contribution is 5.92. The number of benzene rings is 2. The van der Waals surface area contributed by atoms with Crippen molar-refractivity contribution < 1.29 is 47.9 Å². The van der Waals surface area contributed by atoms with Gasteiger partial charge >= 0.3 is 0 Å². The summed E-state index contributed by atoms with van der Waals surface area (Å²) in [5.41, 5.74) is -2.19. The molecule has 0 bridgehead atoms. The maximum Gasteiger partial charge on any atom is 0.231 e. The van der Waals surface area contributed by atoms with E-state index in [1.165, 1.54) is 0 Å². The quantitative estimate of drug-likeness (QED) is 0.315. The molecular weight excluding hydrogens is 716 g/mol. The lowest BCUT2D eigenvalue weighted by Crippen LogP contribution is -2.61. The van der Waals surface area contributed by atoms with E-state index in [-0.39, 0.29) is 69.5 Å². The maximum atomic E-state index is 13.3. The number of aldehydes is 1. The van der Waals surface area contributed by atoms with Crippen molar-refractivity contribution in [3.8, 4) is 0 Å². The fraction of sp³-hybridized carbons (Fsp3) is 0.659. The minimum absolute atomic E-state index is 0. The van der Waals surface area contributed by atoms with E-state index < -0.39 is 47.0 Å². The summed E-state index contributed by atoms with van der Waals surface area (Å²) in [6, 6.07) is 19.7. The number of nitrogens with zero attached hydrogens (tertiary/aromatic N) is 2. The molecule has 56 heavy (non-hydrogen) atoms. The van der Waals surface area contributed by atoms with Crippen LogP contribution < -0.4 is 0 Å². The Hall–Kier alpha value is -3.23. The molecule has 8 rings (SSSR count). The summed E-state index contributed by atoms with van der Waals surface area (Å²) in [4.78, 5) is 42.2. The van der Waals surface area contributed by atoms with Crippen LogP contribution in [0.3, 0.4) is 0 Å². The predicted molar refractivity (Wildman–Crippen MR) is 209 cm³/mol. The van der Waals surface area contributed by atoms with Crippen LogP contribution in [0.5, 0.6) is 0 Å². The zero-order chi connectivity index (χ0) is 38.9. The lowest BCUT2D eigenvalue weighted by Gasteiger charge is -2.42. The highest BCUT2D eigenvalue weighted by Gasteiger charge is 2.76. The Morgan fingerprint density at radius 1 is 0.714 bits per heavy atom. The lowest BCUT2D eigenvalue weighted by molar-refractivity contribution is -0.202. The number of aliphatic hydroxyl groups is 1. The minimum Gasteiger partial charge on any atom is -0.394 e. The second kappa shape index (κ2) is 15.5. The summed E-state index contributed by atoms with van der Waals surface area (Å²) in [5.74, 6) is -0.820. The molecule has 12 nitrogen and oxygen atoms in total. The molecule has 6 saturated heterocycles. The van der Waals surface area contributed by atoms with Gasteiger partial charge in [0.25, 0.3) is 0 Å². The van der Waals surface area contributed by atoms with Gasteiger partial charge in [-0.2, -0.15) is 0 Å². The maximum absolute atomic E-state index is 13.3. The molecule has 10 atom stereocenters. The van der Waals surface area contributed by atoms with Crippen LogP contribution in [0.4, 0.5) is 0 Å². The molecule has 2 amide bonds. The third-order valence-electron chi connectivity index (χ3n) is 12.6. The fourth-order valence-electron chi connectivity index (χ4n) is 9.53. The van der Waals surface area contributed by atoms with Crippen molar-refractivity contribution >= 4 is 18.1 Å². The Morgan fingerprint density at radius 2 is 1.14 bits per heavy atom. The molecule has 2 aromatic carbocycles. The van der Waals surface area contributed by atoms with Crippen molar-refractivity contribution in [2.24, 2.45) is 22.7 Å². The molecule has 1 N–H and O–H groups in total. The van der Waals surface area contributed by atoms with Crippen LogP contribution in [-0.4, -0.2) is 100 Å². The second-order valence-corrected chi connectivity index (χ2v) is 18.2. The number of fused-ring (bicyclic) bond motifs is 6. The number of carbonyl (C=O) groups excluding carboxylic acids is 3. The molecule has 0 radical (unpaired) electrons. The van der Waals surface area contributed by atoms with Gasteiger partial charge in [0.15, 0.2) is 24.4 Å². The van der Waals surface area contributed by atoms with Crippen LogP contribution in [0, 0.1) is 22.7 Å². The van der Waals surface area contributed by atoms with Crippen molar-refractivity contribution in [1.82, 2.24) is 9.80 Å². The van der Waals surface area contributed by atoms with Crippen molar-refractivity contribution in [3.05, 3.63) is 71.8 Å². The van der Waals surface area contributed by atoms with E-state index in [1.807, 2.05) is 116 Å². The van der Waals surface area contributed by atoms with Crippen molar-refractivity contribution in [2.45, 2.75) is 144 Å². The van der Waals surface area contributed by atoms with E-state index in [0.29, 0.717) is 26.1 Å². The van der Waals surface area contributed by atoms with Crippen molar-refractivity contribution in [2.75, 3.05) is 19.8 Å². The number of hydrogen-bond donors (Lipinski definition) is 1. The van der Waals surface area contributed by atoms with E-state index in [1.54, 1.807) is 9.80 Å². The molecule has 0 spiro atoms. The largest absolute Gasteiger partial charge is 0.394 e. The first kappa shape index (κ1) is 43.9. The summed E-state index contributed by atoms with van der Waals surface area (Å²) in [7, 11) is 0. The van der Waals surface area contributed by atoms with Gasteiger partial charge in [0.2, 0.25) is 11.8 Å². The summed E-state index contributed by atoms with van der Waals surface area (Å²) in [6.45, 7) is 17.0. The predicted octanol–water partition coefficient (Wildman–Crippen LogP) is 6.08. The van der Waals surface area contributed by atoms with Gasteiger partial charge < -0.3 is 43.2 Å². The molecule has 0 unspecified atom stereocenters. The van der Waals surface area contributed by atoms with Gasteiger partial charge in [0.1, 0.15) is 29.2 Å². The smallest absolute Gasteiger partial charge is 0.231 e. The second-order valence-electron chi connectivity index (χ2n) is 18.2. The van der Waals surface area contributed by atoms with Crippen LogP contribution in [-0.2, 0) is 56.0 Å². The SMILES string of the molecule is C.C.CC(C)(C)[C@@H]1OC[C@]2(C=O)N1C(=O)[C@@H]1C[C@H](OCc3ccccc3)O[C@@]12C.CC(C)(C)[C@@H]1OC[C@]2(CO)N1C(=O)[C@@H]1C[C@H](OCc3ccccc3)O[C@@]12C. The standard InChI is InChI=1S/C21H29NO5.C21H27NO5.2CH4/c2*1-19(2,3)18-22-17(24)15-10-16(25-11-14-8-6-5-7-9-14)27-20(15,4)21(22,12-23)13-26-18;;/h5-9,15-16,18,23H,10-13H2,1-4H3;5-9,12,15-16,18H,10-11,13H2,1-4H3;2*1H4/t2*15-,16+,18-,20-,21-;;/m00../s1. The Bertz CT molecular complexity index is 1710. The first-order chi connectivity index (χ1) is 25.5. The van der Waals surface area contributed by atoms with Crippen molar-refractivity contribution in [1.29, 1.82) is 0 Å². The zero-order valence-corrected chi connectivity index (χ0v) is 32.8. The molecule has 310 valence electrons. The molecular formula is C44H64N2O10. The monoisotopic (exact) mass is 780 g/mol. The molecule has 2 aromatic rings. The average molecular weight is 781 g/mol. The number of rotatable bonds is 8. The van der Waals surface area contributed by atoms with Gasteiger partial charge in [-0.15, -0.1) is 0 Å². The molecule has 0 aliphatic carbocycles. The number of ether oxygens (including phenoxy) is 6. The van der Waals surface area contributed by atoms with E-state index in [9.17, 15) is 19.5 Å². The Morgan fingerprint density at radius 3 is 1.61 bits per heavy atom. The molecule has 6 aliphatic heterocycles. The summed E-state index contributed by atoms with van der Waals surface area (Å²) in [6.07, 6.45) is -0.00414. The van der Waals surface area contributed by atoms with Gasteiger partial charge in [0.05, 0.1) is 44.9 Å². The van der Waals surface area contributed by atoms with Gasteiger partial charge in [0, 0.05) is 23.7 Å². The fourth-order valence-corrected chi connectivity index (χ4v) is 9.53. The van der Waals surface area contributed by atoms with Crippen LogP contribution in [0.1, 0.15) is 94.2 Å². The molecule has 12 heteroatoms. The lowest BCUT2D eigenvalue weighted by atomic mass is 9.77. The first-order valence-electron chi connectivity index (χ1n) is 19.1. The number of aliphatic hydroxyl groups excluding tert-OH is 1. The Labute approximate surface area is 333 Å². The minimum atomic E-state index is -1.10.